The van der Waals surface area contributed by atoms with Gasteiger partial charge in [-0.2, -0.15) is 9.78 Å². The van der Waals surface area contributed by atoms with E-state index in [1.165, 1.54) is 10.2 Å². The van der Waals surface area contributed by atoms with Gasteiger partial charge in [0, 0.05) is 6.54 Å². The Hall–Kier alpha value is -4.00. The maximum atomic E-state index is 12.8. The number of rotatable bonds is 5. The maximum Gasteiger partial charge on any atom is 0.257 e. The van der Waals surface area contributed by atoms with E-state index in [0.29, 0.717) is 28.7 Å². The molecule has 32 heavy (non-hydrogen) atoms. The molecule has 0 unspecified atom stereocenters. The number of anilines is 1. The third-order valence-corrected chi connectivity index (χ3v) is 5.21. The van der Waals surface area contributed by atoms with Crippen LogP contribution >= 0.6 is 0 Å². The largest absolute Gasteiger partial charge is 0.383 e. The minimum absolute atomic E-state index is 0.0705. The predicted molar refractivity (Wildman–Crippen MR) is 130 cm³/mol. The summed E-state index contributed by atoms with van der Waals surface area (Å²) >= 11 is 0. The van der Waals surface area contributed by atoms with Crippen LogP contribution in [0.15, 0.2) is 66.3 Å². The van der Waals surface area contributed by atoms with Crippen LogP contribution < -0.4 is 11.1 Å². The Morgan fingerprint density at radius 2 is 1.78 bits per heavy atom. The lowest BCUT2D eigenvalue weighted by Crippen LogP contribution is -2.24. The van der Waals surface area contributed by atoms with Crippen LogP contribution in [0.25, 0.3) is 22.2 Å². The zero-order valence-corrected chi connectivity index (χ0v) is 18.5. The molecule has 7 heteroatoms. The van der Waals surface area contributed by atoms with Crippen LogP contribution in [0.1, 0.15) is 42.3 Å². The number of para-hydroxylation sites is 2. The van der Waals surface area contributed by atoms with E-state index in [-0.39, 0.29) is 22.7 Å². The Morgan fingerprint density at radius 1 is 1.12 bits per heavy atom. The Kier molecular flexibility index (Phi) is 5.48. The molecule has 0 spiro atoms. The summed E-state index contributed by atoms with van der Waals surface area (Å²) in [7, 11) is 0. The lowest BCUT2D eigenvalue weighted by atomic mass is 9.87. The van der Waals surface area contributed by atoms with E-state index in [9.17, 15) is 4.79 Å². The Labute approximate surface area is 186 Å². The van der Waals surface area contributed by atoms with Crippen molar-refractivity contribution in [2.45, 2.75) is 26.2 Å². The lowest BCUT2D eigenvalue weighted by Gasteiger charge is -2.18. The molecule has 7 nitrogen and oxygen atoms in total. The molecule has 0 aliphatic carbocycles. The first kappa shape index (κ1) is 21.2. The number of nitrogen functional groups attached to an aromatic ring is 1. The second-order valence-corrected chi connectivity index (χ2v) is 8.57. The highest BCUT2D eigenvalue weighted by molar-refractivity contribution is 6.10. The molecule has 2 aromatic heterocycles. The van der Waals surface area contributed by atoms with E-state index < -0.39 is 0 Å². The summed E-state index contributed by atoms with van der Waals surface area (Å²) in [4.78, 5) is 22.2. The quantitative estimate of drug-likeness (QED) is 0.368. The molecule has 2 aromatic carbocycles. The first-order chi connectivity index (χ1) is 15.3. The molecule has 3 N–H and O–H groups in total. The normalized spacial score (nSPS) is 12.0. The molecule has 0 radical (unpaired) electrons. The van der Waals surface area contributed by atoms with Gasteiger partial charge in [0.05, 0.1) is 17.2 Å². The van der Waals surface area contributed by atoms with Gasteiger partial charge in [-0.05, 0) is 28.7 Å². The highest BCUT2D eigenvalue weighted by atomic mass is 16.1. The molecule has 0 bridgehead atoms. The van der Waals surface area contributed by atoms with Gasteiger partial charge in [-0.1, -0.05) is 63.2 Å². The van der Waals surface area contributed by atoms with Crippen LogP contribution in [0.5, 0.6) is 0 Å². The number of carbonyl (C=O) groups is 1. The second-order valence-electron chi connectivity index (χ2n) is 8.57. The first-order valence-corrected chi connectivity index (χ1v) is 10.4. The standard InChI is InChI=1S/C25H26N6O/c1-5-14-27-24(32)20-21-23(30-19-9-7-6-8-18(19)29-21)31(22(20)26)28-15-16-10-12-17(13-11-16)25(2,3)4/h5-13,15H,1,14,26H2,2-4H3,(H,27,32)/b28-15-. The van der Waals surface area contributed by atoms with E-state index in [1.807, 2.05) is 36.4 Å². The molecule has 0 atom stereocenters. The number of fused-ring (bicyclic) bond motifs is 2. The Morgan fingerprint density at radius 3 is 2.41 bits per heavy atom. The number of amides is 1. The summed E-state index contributed by atoms with van der Waals surface area (Å²) < 4.78 is 1.47. The number of nitrogens with one attached hydrogen (secondary N) is 1. The number of hydrogen-bond donors (Lipinski definition) is 2. The van der Waals surface area contributed by atoms with Crippen molar-refractivity contribution < 1.29 is 4.79 Å². The van der Waals surface area contributed by atoms with E-state index in [4.69, 9.17) is 5.73 Å². The molecule has 0 aliphatic heterocycles. The molecule has 1 amide bonds. The summed E-state index contributed by atoms with van der Waals surface area (Å²) in [5.74, 6) is -0.167. The summed E-state index contributed by atoms with van der Waals surface area (Å²) in [6, 6.07) is 15.6. The highest BCUT2D eigenvalue weighted by Gasteiger charge is 2.23. The minimum atomic E-state index is -0.347. The van der Waals surface area contributed by atoms with Crippen molar-refractivity contribution in [1.29, 1.82) is 0 Å². The number of aromatic nitrogens is 3. The van der Waals surface area contributed by atoms with Gasteiger partial charge in [0.25, 0.3) is 5.91 Å². The van der Waals surface area contributed by atoms with Gasteiger partial charge < -0.3 is 11.1 Å². The van der Waals surface area contributed by atoms with Crippen LogP contribution in [0.3, 0.4) is 0 Å². The summed E-state index contributed by atoms with van der Waals surface area (Å²) in [6.07, 6.45) is 3.30. The van der Waals surface area contributed by atoms with Gasteiger partial charge >= 0.3 is 0 Å². The van der Waals surface area contributed by atoms with Crippen LogP contribution in [0.2, 0.25) is 0 Å². The van der Waals surface area contributed by atoms with Crippen molar-refractivity contribution in [2.24, 2.45) is 5.10 Å². The van der Waals surface area contributed by atoms with E-state index in [0.717, 1.165) is 5.56 Å². The SMILES string of the molecule is C=CCNC(=O)c1c(N)n(/N=C\c2ccc(C(C)(C)C)cc2)c2nc3ccccc3nc12. The zero-order valence-electron chi connectivity index (χ0n) is 18.5. The Balaban J connectivity index is 1.83. The fourth-order valence-corrected chi connectivity index (χ4v) is 3.44. The van der Waals surface area contributed by atoms with Crippen LogP contribution in [0, 0.1) is 0 Å². The molecular weight excluding hydrogens is 400 g/mol. The molecule has 162 valence electrons. The van der Waals surface area contributed by atoms with Gasteiger partial charge in [-0.3, -0.25) is 4.79 Å². The monoisotopic (exact) mass is 426 g/mol. The van der Waals surface area contributed by atoms with Crippen molar-refractivity contribution in [3.05, 3.63) is 77.9 Å². The molecule has 0 saturated heterocycles. The molecule has 4 aromatic rings. The fraction of sp³-hybridized carbons (Fsp3) is 0.200. The van der Waals surface area contributed by atoms with Gasteiger partial charge in [-0.25, -0.2) is 9.97 Å². The Bertz CT molecular complexity index is 1340. The van der Waals surface area contributed by atoms with Gasteiger partial charge in [0.15, 0.2) is 5.65 Å². The van der Waals surface area contributed by atoms with Crippen LogP contribution in [-0.2, 0) is 5.41 Å². The summed E-state index contributed by atoms with van der Waals surface area (Å²) in [5, 5.41) is 7.32. The summed E-state index contributed by atoms with van der Waals surface area (Å²) in [6.45, 7) is 10.5. The molecule has 4 rings (SSSR count). The van der Waals surface area contributed by atoms with Crippen LogP contribution in [0.4, 0.5) is 5.82 Å². The summed E-state index contributed by atoms with van der Waals surface area (Å²) in [5.41, 5.74) is 11.0. The average Bonchev–Trinajstić information content (AvgIpc) is 3.04. The topological polar surface area (TPSA) is 98.2 Å². The third kappa shape index (κ3) is 3.97. The minimum Gasteiger partial charge on any atom is -0.383 e. The van der Waals surface area contributed by atoms with E-state index >= 15 is 0 Å². The number of nitrogens with zero attached hydrogens (tertiary/aromatic N) is 4. The van der Waals surface area contributed by atoms with Crippen molar-refractivity contribution in [3.63, 3.8) is 0 Å². The van der Waals surface area contributed by atoms with E-state index in [2.05, 4.69) is 59.9 Å². The van der Waals surface area contributed by atoms with Gasteiger partial charge in [-0.15, -0.1) is 6.58 Å². The molecule has 0 saturated carbocycles. The first-order valence-electron chi connectivity index (χ1n) is 10.4. The molecule has 0 aliphatic rings. The van der Waals surface area contributed by atoms with Crippen molar-refractivity contribution in [2.75, 3.05) is 12.3 Å². The third-order valence-electron chi connectivity index (χ3n) is 5.21. The maximum absolute atomic E-state index is 12.8. The number of nitrogens with two attached hydrogens (primary N) is 1. The smallest absolute Gasteiger partial charge is 0.257 e. The van der Waals surface area contributed by atoms with Crippen molar-refractivity contribution in [1.82, 2.24) is 20.0 Å². The fourth-order valence-electron chi connectivity index (χ4n) is 3.44. The average molecular weight is 427 g/mol. The lowest BCUT2D eigenvalue weighted by molar-refractivity contribution is 0.0960. The predicted octanol–water partition coefficient (Wildman–Crippen LogP) is 4.26. The van der Waals surface area contributed by atoms with Gasteiger partial charge in [0.1, 0.15) is 16.9 Å². The number of hydrogen-bond acceptors (Lipinski definition) is 5. The van der Waals surface area contributed by atoms with Gasteiger partial charge in [0.2, 0.25) is 0 Å². The zero-order chi connectivity index (χ0) is 22.9. The number of carbonyl (C=O) groups excluding carboxylic acids is 1. The molecule has 2 heterocycles. The van der Waals surface area contributed by atoms with Crippen LogP contribution in [-0.4, -0.2) is 33.3 Å². The molecular formula is C25H26N6O. The number of benzene rings is 2. The second kappa shape index (κ2) is 8.26. The van der Waals surface area contributed by atoms with Crippen molar-refractivity contribution >= 4 is 40.1 Å². The van der Waals surface area contributed by atoms with E-state index in [1.54, 1.807) is 12.3 Å². The highest BCUT2D eigenvalue weighted by Crippen LogP contribution is 2.28. The van der Waals surface area contributed by atoms with Crippen molar-refractivity contribution in [3.8, 4) is 0 Å². The molecule has 0 fully saturated rings.